The Bertz CT molecular complexity index is 690. The van der Waals surface area contributed by atoms with Crippen molar-refractivity contribution in [3.05, 3.63) is 29.5 Å². The molecule has 2 fully saturated rings. The summed E-state index contributed by atoms with van der Waals surface area (Å²) in [7, 11) is 4.03. The third kappa shape index (κ3) is 2.87. The van der Waals surface area contributed by atoms with E-state index in [0.717, 1.165) is 5.75 Å². The molecule has 124 valence electrons. The Labute approximate surface area is 142 Å². The van der Waals surface area contributed by atoms with Gasteiger partial charge in [-0.25, -0.2) is 0 Å². The highest BCUT2D eigenvalue weighted by Crippen LogP contribution is 2.38. The number of nitrogens with zero attached hydrogens (tertiary/aromatic N) is 1. The largest absolute Gasteiger partial charge is 0.497 e. The lowest BCUT2D eigenvalue weighted by atomic mass is 9.94. The van der Waals surface area contributed by atoms with Gasteiger partial charge in [-0.1, -0.05) is 0 Å². The van der Waals surface area contributed by atoms with Crippen molar-refractivity contribution in [2.75, 3.05) is 32.2 Å². The highest BCUT2D eigenvalue weighted by atomic mass is 32.2. The number of benzene rings is 1. The molecule has 0 saturated carbocycles. The zero-order valence-corrected chi connectivity index (χ0v) is 14.9. The lowest BCUT2D eigenvalue weighted by Crippen LogP contribution is -2.27. The minimum atomic E-state index is 0.688. The van der Waals surface area contributed by atoms with E-state index in [2.05, 4.69) is 46.9 Å². The van der Waals surface area contributed by atoms with Crippen LogP contribution in [0.25, 0.3) is 10.9 Å². The minimum absolute atomic E-state index is 0.688. The predicted molar refractivity (Wildman–Crippen MR) is 98.9 cm³/mol. The quantitative estimate of drug-likeness (QED) is 0.917. The molecule has 2 atom stereocenters. The Balaban J connectivity index is 1.77. The Kier molecular flexibility index (Phi) is 4.29. The van der Waals surface area contributed by atoms with E-state index in [0.29, 0.717) is 12.0 Å². The van der Waals surface area contributed by atoms with Gasteiger partial charge in [0.1, 0.15) is 5.75 Å². The number of thioether (sulfide) groups is 1. The van der Waals surface area contributed by atoms with Crippen LogP contribution in [0, 0.1) is 0 Å². The molecular formula is C19H26N2OS. The summed E-state index contributed by atoms with van der Waals surface area (Å²) in [6.07, 6.45) is 5.13. The molecule has 23 heavy (non-hydrogen) atoms. The summed E-state index contributed by atoms with van der Waals surface area (Å²) in [6, 6.07) is 7.16. The van der Waals surface area contributed by atoms with E-state index in [4.69, 9.17) is 4.74 Å². The number of fused-ring (bicyclic) bond motifs is 1. The van der Waals surface area contributed by atoms with Gasteiger partial charge >= 0.3 is 0 Å². The molecular weight excluding hydrogens is 304 g/mol. The van der Waals surface area contributed by atoms with Crippen LogP contribution in [-0.2, 0) is 6.42 Å². The van der Waals surface area contributed by atoms with Gasteiger partial charge in [0.15, 0.2) is 0 Å². The summed E-state index contributed by atoms with van der Waals surface area (Å²) in [6.45, 7) is 1.24. The number of hydrogen-bond donors (Lipinski definition) is 1. The second-order valence-electron chi connectivity index (χ2n) is 6.97. The number of nitrogens with one attached hydrogen (secondary N) is 1. The maximum Gasteiger partial charge on any atom is 0.119 e. The fourth-order valence-electron chi connectivity index (χ4n) is 4.18. The van der Waals surface area contributed by atoms with E-state index < -0.39 is 0 Å². The molecule has 3 heterocycles. The van der Waals surface area contributed by atoms with Gasteiger partial charge in [-0.3, -0.25) is 0 Å². The second-order valence-corrected chi connectivity index (χ2v) is 8.12. The molecule has 4 heteroatoms. The van der Waals surface area contributed by atoms with Crippen LogP contribution < -0.4 is 4.74 Å². The van der Waals surface area contributed by atoms with E-state index >= 15 is 0 Å². The fraction of sp³-hybridized carbons (Fsp3) is 0.579. The average molecular weight is 330 g/mol. The lowest BCUT2D eigenvalue weighted by Gasteiger charge is -2.21. The molecule has 4 rings (SSSR count). The molecule has 1 N–H and O–H groups in total. The number of aromatic nitrogens is 1. The summed E-state index contributed by atoms with van der Waals surface area (Å²) < 4.78 is 5.47. The first-order valence-corrected chi connectivity index (χ1v) is 9.88. The molecule has 2 aliphatic rings. The van der Waals surface area contributed by atoms with Crippen LogP contribution in [0.1, 0.15) is 36.4 Å². The maximum absolute atomic E-state index is 5.47. The van der Waals surface area contributed by atoms with E-state index in [-0.39, 0.29) is 0 Å². The molecule has 0 amide bonds. The number of aromatic amines is 1. The number of hydrogen-bond acceptors (Lipinski definition) is 3. The standard InChI is InChI=1S/C19H26N2OS/c1-21-8-3-4-14(21)10-17-16-11-15(22-2)5-6-18(16)20-19(17)13-7-9-23-12-13/h5-6,11,13-14,20H,3-4,7-10,12H2,1-2H3. The number of rotatable bonds is 4. The first-order valence-electron chi connectivity index (χ1n) is 8.72. The number of methoxy groups -OCH3 is 1. The van der Waals surface area contributed by atoms with Gasteiger partial charge in [0.2, 0.25) is 0 Å². The Morgan fingerprint density at radius 1 is 1.35 bits per heavy atom. The van der Waals surface area contributed by atoms with Crippen LogP contribution >= 0.6 is 11.8 Å². The highest BCUT2D eigenvalue weighted by molar-refractivity contribution is 7.99. The zero-order valence-electron chi connectivity index (χ0n) is 14.1. The van der Waals surface area contributed by atoms with Crippen LogP contribution in [-0.4, -0.2) is 48.1 Å². The van der Waals surface area contributed by atoms with Crippen molar-refractivity contribution < 1.29 is 4.74 Å². The van der Waals surface area contributed by atoms with Crippen LogP contribution in [0.3, 0.4) is 0 Å². The highest BCUT2D eigenvalue weighted by Gasteiger charge is 2.28. The summed E-state index contributed by atoms with van der Waals surface area (Å²) in [5.41, 5.74) is 4.32. The van der Waals surface area contributed by atoms with Crippen LogP contribution in [0.2, 0.25) is 0 Å². The molecule has 3 nitrogen and oxygen atoms in total. The summed E-state index contributed by atoms with van der Waals surface area (Å²) in [4.78, 5) is 6.29. The number of likely N-dealkylation sites (N-methyl/N-ethyl adjacent to an activating group) is 1. The smallest absolute Gasteiger partial charge is 0.119 e. The third-order valence-corrected chi connectivity index (χ3v) is 6.76. The van der Waals surface area contributed by atoms with E-state index in [1.165, 1.54) is 60.3 Å². The third-order valence-electron chi connectivity index (χ3n) is 5.60. The predicted octanol–water partition coefficient (Wildman–Crippen LogP) is 4.03. The fourth-order valence-corrected chi connectivity index (χ4v) is 5.41. The van der Waals surface area contributed by atoms with Crippen LogP contribution in [0.5, 0.6) is 5.75 Å². The molecule has 2 aliphatic heterocycles. The molecule has 0 spiro atoms. The molecule has 0 bridgehead atoms. The molecule has 2 unspecified atom stereocenters. The van der Waals surface area contributed by atoms with Crippen molar-refractivity contribution in [2.24, 2.45) is 0 Å². The summed E-state index contributed by atoms with van der Waals surface area (Å²) in [5, 5.41) is 1.37. The maximum atomic E-state index is 5.47. The normalized spacial score (nSPS) is 25.5. The zero-order chi connectivity index (χ0) is 15.8. The molecule has 1 aromatic heterocycles. The van der Waals surface area contributed by atoms with E-state index in [1.807, 2.05) is 0 Å². The van der Waals surface area contributed by atoms with Gasteiger partial charge in [-0.2, -0.15) is 11.8 Å². The first-order chi connectivity index (χ1) is 11.3. The summed E-state index contributed by atoms with van der Waals surface area (Å²) in [5.74, 6) is 4.22. The van der Waals surface area contributed by atoms with Crippen molar-refractivity contribution in [3.63, 3.8) is 0 Å². The number of likely N-dealkylation sites (tertiary alicyclic amines) is 1. The van der Waals surface area contributed by atoms with Crippen molar-refractivity contribution >= 4 is 22.7 Å². The van der Waals surface area contributed by atoms with Gasteiger partial charge in [-0.15, -0.1) is 0 Å². The van der Waals surface area contributed by atoms with Gasteiger partial charge < -0.3 is 14.6 Å². The molecule has 0 aliphatic carbocycles. The summed E-state index contributed by atoms with van der Waals surface area (Å²) >= 11 is 2.09. The average Bonchev–Trinajstić information content (AvgIpc) is 3.29. The topological polar surface area (TPSA) is 28.3 Å². The molecule has 1 aromatic carbocycles. The van der Waals surface area contributed by atoms with Crippen molar-refractivity contribution in [1.82, 2.24) is 9.88 Å². The van der Waals surface area contributed by atoms with Gasteiger partial charge in [-0.05, 0) is 68.8 Å². The van der Waals surface area contributed by atoms with Crippen molar-refractivity contribution in [2.45, 2.75) is 37.6 Å². The monoisotopic (exact) mass is 330 g/mol. The number of ether oxygens (including phenoxy) is 1. The lowest BCUT2D eigenvalue weighted by molar-refractivity contribution is 0.309. The molecule has 2 saturated heterocycles. The van der Waals surface area contributed by atoms with Gasteiger partial charge in [0, 0.05) is 34.3 Å². The molecule has 2 aromatic rings. The van der Waals surface area contributed by atoms with E-state index in [9.17, 15) is 0 Å². The van der Waals surface area contributed by atoms with Crippen LogP contribution in [0.15, 0.2) is 18.2 Å². The Morgan fingerprint density at radius 3 is 2.96 bits per heavy atom. The van der Waals surface area contributed by atoms with Crippen molar-refractivity contribution in [1.29, 1.82) is 0 Å². The molecule has 0 radical (unpaired) electrons. The second kappa shape index (κ2) is 6.40. The SMILES string of the molecule is COc1ccc2[nH]c(C3CCSC3)c(CC3CCCN3C)c2c1. The first kappa shape index (κ1) is 15.4. The Hall–Kier alpha value is -1.13. The van der Waals surface area contributed by atoms with Crippen molar-refractivity contribution in [3.8, 4) is 5.75 Å². The van der Waals surface area contributed by atoms with Gasteiger partial charge in [0.05, 0.1) is 7.11 Å². The van der Waals surface area contributed by atoms with Crippen LogP contribution in [0.4, 0.5) is 0 Å². The van der Waals surface area contributed by atoms with Gasteiger partial charge in [0.25, 0.3) is 0 Å². The minimum Gasteiger partial charge on any atom is -0.497 e. The number of H-pyrrole nitrogens is 1. The Morgan fingerprint density at radius 2 is 2.26 bits per heavy atom. The van der Waals surface area contributed by atoms with E-state index in [1.54, 1.807) is 12.7 Å².